The van der Waals surface area contributed by atoms with Gasteiger partial charge in [-0.2, -0.15) is 5.10 Å². The van der Waals surface area contributed by atoms with Crippen molar-refractivity contribution in [1.82, 2.24) is 9.78 Å². The van der Waals surface area contributed by atoms with E-state index in [1.165, 1.54) is 6.07 Å². The van der Waals surface area contributed by atoms with Gasteiger partial charge in [0.2, 0.25) is 0 Å². The Morgan fingerprint density at radius 1 is 1.40 bits per heavy atom. The van der Waals surface area contributed by atoms with Gasteiger partial charge in [-0.05, 0) is 32.9 Å². The van der Waals surface area contributed by atoms with Crippen LogP contribution >= 0.6 is 0 Å². The van der Waals surface area contributed by atoms with Gasteiger partial charge in [0, 0.05) is 36.1 Å². The SMILES string of the molecule is Cc1cc(NC(C)c2cn(C)nc2C)ccc1[N+](=O)[O-]. The highest BCUT2D eigenvalue weighted by Crippen LogP contribution is 2.25. The van der Waals surface area contributed by atoms with Crippen LogP contribution in [-0.4, -0.2) is 14.7 Å². The maximum absolute atomic E-state index is 10.8. The largest absolute Gasteiger partial charge is 0.378 e. The molecule has 2 rings (SSSR count). The lowest BCUT2D eigenvalue weighted by Crippen LogP contribution is -2.07. The van der Waals surface area contributed by atoms with Crippen LogP contribution in [0, 0.1) is 24.0 Å². The lowest BCUT2D eigenvalue weighted by atomic mass is 10.1. The Bertz CT molecular complexity index is 649. The zero-order valence-corrected chi connectivity index (χ0v) is 12.0. The highest BCUT2D eigenvalue weighted by molar-refractivity contribution is 5.54. The number of nitro groups is 1. The molecule has 20 heavy (non-hydrogen) atoms. The molecule has 1 aromatic carbocycles. The van der Waals surface area contributed by atoms with Crippen LogP contribution in [0.3, 0.4) is 0 Å². The minimum atomic E-state index is -0.367. The Morgan fingerprint density at radius 2 is 2.10 bits per heavy atom. The Balaban J connectivity index is 2.20. The first-order chi connectivity index (χ1) is 9.38. The van der Waals surface area contributed by atoms with Crippen molar-refractivity contribution >= 4 is 11.4 Å². The lowest BCUT2D eigenvalue weighted by molar-refractivity contribution is -0.385. The monoisotopic (exact) mass is 274 g/mol. The summed E-state index contributed by atoms with van der Waals surface area (Å²) in [7, 11) is 1.89. The number of hydrogen-bond acceptors (Lipinski definition) is 4. The van der Waals surface area contributed by atoms with Gasteiger partial charge in [-0.25, -0.2) is 0 Å². The fraction of sp³-hybridized carbons (Fsp3) is 0.357. The topological polar surface area (TPSA) is 73.0 Å². The third-order valence-electron chi connectivity index (χ3n) is 3.29. The van der Waals surface area contributed by atoms with E-state index in [1.807, 2.05) is 27.1 Å². The average molecular weight is 274 g/mol. The summed E-state index contributed by atoms with van der Waals surface area (Å²) in [6.07, 6.45) is 1.98. The van der Waals surface area contributed by atoms with Crippen molar-refractivity contribution in [2.75, 3.05) is 5.32 Å². The number of nitrogens with zero attached hydrogens (tertiary/aromatic N) is 3. The molecule has 0 fully saturated rings. The number of nitro benzene ring substituents is 1. The van der Waals surface area contributed by atoms with E-state index in [2.05, 4.69) is 10.4 Å². The molecule has 1 atom stereocenters. The van der Waals surface area contributed by atoms with Crippen molar-refractivity contribution in [2.24, 2.45) is 7.05 Å². The fourth-order valence-corrected chi connectivity index (χ4v) is 2.32. The van der Waals surface area contributed by atoms with Gasteiger partial charge < -0.3 is 5.32 Å². The summed E-state index contributed by atoms with van der Waals surface area (Å²) in [4.78, 5) is 10.4. The number of nitrogens with one attached hydrogen (secondary N) is 1. The molecular weight excluding hydrogens is 256 g/mol. The molecule has 6 heteroatoms. The molecule has 6 nitrogen and oxygen atoms in total. The van der Waals surface area contributed by atoms with E-state index in [0.717, 1.165) is 16.9 Å². The van der Waals surface area contributed by atoms with Crippen molar-refractivity contribution < 1.29 is 4.92 Å². The zero-order valence-electron chi connectivity index (χ0n) is 12.0. The summed E-state index contributed by atoms with van der Waals surface area (Å²) in [5.41, 5.74) is 3.74. The van der Waals surface area contributed by atoms with Crippen molar-refractivity contribution in [2.45, 2.75) is 26.8 Å². The molecule has 1 heterocycles. The van der Waals surface area contributed by atoms with Crippen LogP contribution in [0.25, 0.3) is 0 Å². The van der Waals surface area contributed by atoms with E-state index in [4.69, 9.17) is 0 Å². The third-order valence-corrected chi connectivity index (χ3v) is 3.29. The van der Waals surface area contributed by atoms with E-state index in [-0.39, 0.29) is 16.7 Å². The number of aromatic nitrogens is 2. The number of hydrogen-bond donors (Lipinski definition) is 1. The maximum atomic E-state index is 10.8. The van der Waals surface area contributed by atoms with Crippen LogP contribution in [0.1, 0.15) is 29.8 Å². The molecule has 0 bridgehead atoms. The van der Waals surface area contributed by atoms with E-state index in [1.54, 1.807) is 23.7 Å². The smallest absolute Gasteiger partial charge is 0.272 e. The molecular formula is C14H18N4O2. The van der Waals surface area contributed by atoms with Crippen LogP contribution in [-0.2, 0) is 7.05 Å². The Labute approximate surface area is 117 Å². The normalized spacial score (nSPS) is 12.2. The fourth-order valence-electron chi connectivity index (χ4n) is 2.32. The minimum Gasteiger partial charge on any atom is -0.378 e. The lowest BCUT2D eigenvalue weighted by Gasteiger charge is -2.15. The molecule has 106 valence electrons. The average Bonchev–Trinajstić information content (AvgIpc) is 2.68. The first kappa shape index (κ1) is 14.0. The van der Waals surface area contributed by atoms with E-state index in [0.29, 0.717) is 5.56 Å². The summed E-state index contributed by atoms with van der Waals surface area (Å²) in [6, 6.07) is 5.14. The molecule has 0 aliphatic rings. The molecule has 0 spiro atoms. The zero-order chi connectivity index (χ0) is 14.9. The molecule has 0 aliphatic carbocycles. The predicted octanol–water partition coefficient (Wildman–Crippen LogP) is 3.12. The Hall–Kier alpha value is -2.37. The Morgan fingerprint density at radius 3 is 2.60 bits per heavy atom. The second-order valence-corrected chi connectivity index (χ2v) is 4.97. The molecule has 1 unspecified atom stereocenters. The molecule has 0 radical (unpaired) electrons. The van der Waals surface area contributed by atoms with Crippen LogP contribution < -0.4 is 5.32 Å². The summed E-state index contributed by atoms with van der Waals surface area (Å²) in [6.45, 7) is 5.75. The summed E-state index contributed by atoms with van der Waals surface area (Å²) in [5, 5.41) is 18.5. The van der Waals surface area contributed by atoms with Gasteiger partial charge >= 0.3 is 0 Å². The Kier molecular flexibility index (Phi) is 3.74. The number of rotatable bonds is 4. The maximum Gasteiger partial charge on any atom is 0.272 e. The highest BCUT2D eigenvalue weighted by atomic mass is 16.6. The summed E-state index contributed by atoms with van der Waals surface area (Å²) < 4.78 is 1.78. The predicted molar refractivity (Wildman–Crippen MR) is 77.8 cm³/mol. The van der Waals surface area contributed by atoms with Crippen molar-refractivity contribution in [3.63, 3.8) is 0 Å². The van der Waals surface area contributed by atoms with Gasteiger partial charge in [0.25, 0.3) is 5.69 Å². The van der Waals surface area contributed by atoms with Crippen molar-refractivity contribution in [3.05, 3.63) is 51.3 Å². The quantitative estimate of drug-likeness (QED) is 0.686. The number of benzene rings is 1. The van der Waals surface area contributed by atoms with Gasteiger partial charge in [0.15, 0.2) is 0 Å². The first-order valence-electron chi connectivity index (χ1n) is 6.40. The van der Waals surface area contributed by atoms with Crippen molar-refractivity contribution in [3.8, 4) is 0 Å². The standard InChI is InChI=1S/C14H18N4O2/c1-9-7-12(5-6-14(9)18(19)20)15-10(2)13-8-17(4)16-11(13)3/h5-8,10,15H,1-4H3. The van der Waals surface area contributed by atoms with Crippen LogP contribution in [0.4, 0.5) is 11.4 Å². The summed E-state index contributed by atoms with van der Waals surface area (Å²) in [5.74, 6) is 0. The van der Waals surface area contributed by atoms with E-state index >= 15 is 0 Å². The molecule has 1 N–H and O–H groups in total. The number of anilines is 1. The van der Waals surface area contributed by atoms with E-state index < -0.39 is 0 Å². The third kappa shape index (κ3) is 2.79. The summed E-state index contributed by atoms with van der Waals surface area (Å²) >= 11 is 0. The van der Waals surface area contributed by atoms with Gasteiger partial charge in [-0.3, -0.25) is 14.8 Å². The first-order valence-corrected chi connectivity index (χ1v) is 6.40. The molecule has 0 amide bonds. The van der Waals surface area contributed by atoms with Crippen LogP contribution in [0.2, 0.25) is 0 Å². The number of aryl methyl sites for hydroxylation is 3. The van der Waals surface area contributed by atoms with E-state index in [9.17, 15) is 10.1 Å². The van der Waals surface area contributed by atoms with Gasteiger partial charge in [0.1, 0.15) is 0 Å². The second kappa shape index (κ2) is 5.32. The van der Waals surface area contributed by atoms with Gasteiger partial charge in [-0.15, -0.1) is 0 Å². The molecule has 2 aromatic rings. The van der Waals surface area contributed by atoms with Crippen LogP contribution in [0.5, 0.6) is 0 Å². The molecule has 1 aromatic heterocycles. The second-order valence-electron chi connectivity index (χ2n) is 4.97. The van der Waals surface area contributed by atoms with Gasteiger partial charge in [-0.1, -0.05) is 0 Å². The molecule has 0 aliphatic heterocycles. The molecule has 0 saturated carbocycles. The highest BCUT2D eigenvalue weighted by Gasteiger charge is 2.14. The van der Waals surface area contributed by atoms with Gasteiger partial charge in [0.05, 0.1) is 16.7 Å². The van der Waals surface area contributed by atoms with Crippen LogP contribution in [0.15, 0.2) is 24.4 Å². The molecule has 0 saturated heterocycles. The van der Waals surface area contributed by atoms with Crippen molar-refractivity contribution in [1.29, 1.82) is 0 Å². The minimum absolute atomic E-state index is 0.0876.